The summed E-state index contributed by atoms with van der Waals surface area (Å²) in [5.74, 6) is 2.73. The maximum atomic E-state index is 13.3. The smallest absolute Gasteiger partial charge is 0.163 e. The Labute approximate surface area is 192 Å². The molecule has 2 atom stereocenters. The van der Waals surface area contributed by atoms with E-state index in [1.54, 1.807) is 12.2 Å². The molecule has 0 aliphatic carbocycles. The van der Waals surface area contributed by atoms with Crippen LogP contribution in [0.5, 0.6) is 0 Å². The van der Waals surface area contributed by atoms with Crippen LogP contribution in [0.25, 0.3) is 12.2 Å². The summed E-state index contributed by atoms with van der Waals surface area (Å²) in [6.45, 7) is 14.1. The van der Waals surface area contributed by atoms with Crippen molar-refractivity contribution >= 4 is 17.9 Å². The summed E-state index contributed by atoms with van der Waals surface area (Å²) in [6, 6.07) is 17.7. The first-order valence-corrected chi connectivity index (χ1v) is 11.2. The van der Waals surface area contributed by atoms with Crippen molar-refractivity contribution in [3.63, 3.8) is 0 Å². The van der Waals surface area contributed by atoms with E-state index in [-0.39, 0.29) is 17.6 Å². The molecule has 0 aliphatic heterocycles. The van der Waals surface area contributed by atoms with Gasteiger partial charge in [-0.2, -0.15) is 0 Å². The third-order valence-corrected chi connectivity index (χ3v) is 5.17. The number of allylic oxidation sites excluding steroid dienone is 3. The van der Waals surface area contributed by atoms with E-state index in [1.807, 2.05) is 82.3 Å². The summed E-state index contributed by atoms with van der Waals surface area (Å²) < 4.78 is 11.2. The highest BCUT2D eigenvalue weighted by molar-refractivity contribution is 5.98. The molecule has 2 heterocycles. The van der Waals surface area contributed by atoms with Gasteiger partial charge in [-0.1, -0.05) is 63.8 Å². The van der Waals surface area contributed by atoms with E-state index >= 15 is 0 Å². The van der Waals surface area contributed by atoms with E-state index in [0.29, 0.717) is 5.76 Å². The van der Waals surface area contributed by atoms with Crippen molar-refractivity contribution in [1.29, 1.82) is 0 Å². The second-order valence-corrected chi connectivity index (χ2v) is 7.44. The van der Waals surface area contributed by atoms with Crippen LogP contribution in [-0.2, 0) is 4.79 Å². The van der Waals surface area contributed by atoms with Crippen LogP contribution in [0.1, 0.15) is 61.7 Å². The minimum atomic E-state index is -0.378. The fraction of sp³-hybridized carbons (Fsp3) is 0.276. The molecular formula is C29H34O3. The van der Waals surface area contributed by atoms with E-state index in [9.17, 15) is 4.79 Å². The van der Waals surface area contributed by atoms with Gasteiger partial charge in [-0.3, -0.25) is 4.79 Å². The molecule has 2 aromatic heterocycles. The molecule has 3 aromatic rings. The average molecular weight is 431 g/mol. The SMILES string of the molecule is C=C(/C=C/c1ccc(C)o1)C(C(=O)/C=C/c1ccc(C)o1)C(CC)c1ccccc1.CC. The third-order valence-electron chi connectivity index (χ3n) is 5.17. The van der Waals surface area contributed by atoms with Crippen molar-refractivity contribution in [3.05, 3.63) is 108 Å². The Bertz CT molecular complexity index is 985. The molecule has 3 heteroatoms. The number of aryl methyl sites for hydroxylation is 2. The largest absolute Gasteiger partial charge is 0.462 e. The summed E-state index contributed by atoms with van der Waals surface area (Å²) in [5.41, 5.74) is 1.88. The highest BCUT2D eigenvalue weighted by Gasteiger charge is 2.28. The summed E-state index contributed by atoms with van der Waals surface area (Å²) >= 11 is 0. The predicted molar refractivity (Wildman–Crippen MR) is 133 cm³/mol. The number of benzene rings is 1. The lowest BCUT2D eigenvalue weighted by atomic mass is 9.77. The number of rotatable bonds is 9. The standard InChI is InChI=1S/C27H28O3.C2H6/c1-5-25(22-9-7-6-8-10-22)27(19(2)11-14-23-15-12-20(3)29-23)26(28)18-17-24-16-13-21(4)30-24;1-2/h6-18,25,27H,2,5H2,1,3-4H3;1-2H3/b14-11+,18-17+;. The van der Waals surface area contributed by atoms with Gasteiger partial charge in [0.2, 0.25) is 0 Å². The number of furan rings is 2. The van der Waals surface area contributed by atoms with Crippen molar-refractivity contribution in [1.82, 2.24) is 0 Å². The molecule has 0 fully saturated rings. The minimum Gasteiger partial charge on any atom is -0.462 e. The van der Waals surface area contributed by atoms with Gasteiger partial charge in [0.25, 0.3) is 0 Å². The summed E-state index contributed by atoms with van der Waals surface area (Å²) in [4.78, 5) is 13.3. The summed E-state index contributed by atoms with van der Waals surface area (Å²) in [5, 5.41) is 0. The fourth-order valence-corrected chi connectivity index (χ4v) is 3.65. The van der Waals surface area contributed by atoms with Gasteiger partial charge in [-0.25, -0.2) is 0 Å². The van der Waals surface area contributed by atoms with Crippen molar-refractivity contribution in [2.45, 2.75) is 47.0 Å². The van der Waals surface area contributed by atoms with Crippen molar-refractivity contribution in [3.8, 4) is 0 Å². The lowest BCUT2D eigenvalue weighted by Crippen LogP contribution is -2.22. The molecule has 168 valence electrons. The molecule has 0 saturated carbocycles. The third kappa shape index (κ3) is 6.84. The molecular weight excluding hydrogens is 396 g/mol. The zero-order valence-electron chi connectivity index (χ0n) is 19.8. The quantitative estimate of drug-likeness (QED) is 0.254. The summed E-state index contributed by atoms with van der Waals surface area (Å²) in [6.07, 6.45) is 7.91. The van der Waals surface area contributed by atoms with E-state index in [0.717, 1.165) is 34.8 Å². The molecule has 0 radical (unpaired) electrons. The first kappa shape index (κ1) is 24.9. The van der Waals surface area contributed by atoms with Gasteiger partial charge in [0.05, 0.1) is 5.92 Å². The predicted octanol–water partition coefficient (Wildman–Crippen LogP) is 8.18. The van der Waals surface area contributed by atoms with Crippen molar-refractivity contribution in [2.24, 2.45) is 5.92 Å². The average Bonchev–Trinajstić information content (AvgIpc) is 3.43. The monoisotopic (exact) mass is 430 g/mol. The van der Waals surface area contributed by atoms with Gasteiger partial charge in [0.15, 0.2) is 5.78 Å². The van der Waals surface area contributed by atoms with Gasteiger partial charge < -0.3 is 8.83 Å². The highest BCUT2D eigenvalue weighted by atomic mass is 16.3. The van der Waals surface area contributed by atoms with Crippen LogP contribution < -0.4 is 0 Å². The first-order valence-electron chi connectivity index (χ1n) is 11.2. The van der Waals surface area contributed by atoms with Crippen LogP contribution in [0, 0.1) is 19.8 Å². The Kier molecular flexibility index (Phi) is 9.75. The van der Waals surface area contributed by atoms with Gasteiger partial charge in [0.1, 0.15) is 23.0 Å². The second-order valence-electron chi connectivity index (χ2n) is 7.44. The lowest BCUT2D eigenvalue weighted by Gasteiger charge is -2.25. The van der Waals surface area contributed by atoms with E-state index in [4.69, 9.17) is 8.83 Å². The molecule has 0 spiro atoms. The van der Waals surface area contributed by atoms with Crippen LogP contribution >= 0.6 is 0 Å². The molecule has 3 nitrogen and oxygen atoms in total. The number of carbonyl (C=O) groups is 1. The van der Waals surface area contributed by atoms with Crippen molar-refractivity contribution < 1.29 is 13.6 Å². The molecule has 0 aliphatic rings. The lowest BCUT2D eigenvalue weighted by molar-refractivity contribution is -0.117. The molecule has 32 heavy (non-hydrogen) atoms. The first-order chi connectivity index (χ1) is 15.5. The zero-order chi connectivity index (χ0) is 23.5. The van der Waals surface area contributed by atoms with E-state index in [1.165, 1.54) is 0 Å². The molecule has 0 amide bonds. The maximum absolute atomic E-state index is 13.3. The number of hydrogen-bond donors (Lipinski definition) is 0. The number of hydrogen-bond acceptors (Lipinski definition) is 3. The Balaban J connectivity index is 0.00000176. The minimum absolute atomic E-state index is 0.00466. The van der Waals surface area contributed by atoms with Crippen molar-refractivity contribution in [2.75, 3.05) is 0 Å². The Morgan fingerprint density at radius 1 is 0.875 bits per heavy atom. The van der Waals surface area contributed by atoms with Crippen LogP contribution in [0.2, 0.25) is 0 Å². The van der Waals surface area contributed by atoms with Gasteiger partial charge in [-0.15, -0.1) is 0 Å². The molecule has 1 aromatic carbocycles. The second kappa shape index (κ2) is 12.5. The van der Waals surface area contributed by atoms with Crippen LogP contribution in [-0.4, -0.2) is 5.78 Å². The van der Waals surface area contributed by atoms with Gasteiger partial charge in [-0.05, 0) is 79.8 Å². The highest BCUT2D eigenvalue weighted by Crippen LogP contribution is 2.34. The maximum Gasteiger partial charge on any atom is 0.163 e. The molecule has 0 N–H and O–H groups in total. The van der Waals surface area contributed by atoms with Gasteiger partial charge in [0, 0.05) is 0 Å². The summed E-state index contributed by atoms with van der Waals surface area (Å²) in [7, 11) is 0. The topological polar surface area (TPSA) is 43.4 Å². The fourth-order valence-electron chi connectivity index (χ4n) is 3.65. The van der Waals surface area contributed by atoms with Gasteiger partial charge >= 0.3 is 0 Å². The Morgan fingerprint density at radius 2 is 1.41 bits per heavy atom. The zero-order valence-corrected chi connectivity index (χ0v) is 19.8. The molecule has 0 bridgehead atoms. The van der Waals surface area contributed by atoms with Crippen LogP contribution in [0.15, 0.2) is 87.7 Å². The Morgan fingerprint density at radius 3 is 1.88 bits per heavy atom. The molecule has 0 saturated heterocycles. The number of ketones is 1. The van der Waals surface area contributed by atoms with Crippen LogP contribution in [0.3, 0.4) is 0 Å². The molecule has 2 unspecified atom stereocenters. The van der Waals surface area contributed by atoms with E-state index < -0.39 is 0 Å². The van der Waals surface area contributed by atoms with Crippen LogP contribution in [0.4, 0.5) is 0 Å². The number of carbonyl (C=O) groups excluding carboxylic acids is 1. The molecule has 3 rings (SSSR count). The van der Waals surface area contributed by atoms with E-state index in [2.05, 4.69) is 25.6 Å². The normalized spacial score (nSPS) is 13.0. The Hall–Kier alpha value is -3.33.